The molecule has 1 aliphatic carbocycles. The Bertz CT molecular complexity index is 479. The molecule has 0 radical (unpaired) electrons. The van der Waals surface area contributed by atoms with Crippen LogP contribution in [0.1, 0.15) is 35.8 Å². The second-order valence-electron chi connectivity index (χ2n) is 5.13. The van der Waals surface area contributed by atoms with E-state index >= 15 is 0 Å². The normalized spacial score (nSPS) is 22.6. The molecule has 1 aromatic heterocycles. The van der Waals surface area contributed by atoms with Crippen molar-refractivity contribution >= 4 is 5.97 Å². The number of rotatable bonds is 5. The number of carboxylic acid groups (broad SMARTS) is 1. The second-order valence-corrected chi connectivity index (χ2v) is 5.13. The molecule has 2 rings (SSSR count). The minimum absolute atomic E-state index is 0.221. The van der Waals surface area contributed by atoms with E-state index < -0.39 is 5.97 Å². The van der Waals surface area contributed by atoms with Gasteiger partial charge in [0.15, 0.2) is 0 Å². The van der Waals surface area contributed by atoms with Crippen LogP contribution in [0.5, 0.6) is 0 Å². The maximum atomic E-state index is 11.0. The van der Waals surface area contributed by atoms with Crippen molar-refractivity contribution in [3.8, 4) is 0 Å². The molecular formula is C14H20N2O3. The van der Waals surface area contributed by atoms with Crippen molar-refractivity contribution in [3.05, 3.63) is 29.6 Å². The van der Waals surface area contributed by atoms with Crippen LogP contribution in [0.15, 0.2) is 18.3 Å². The van der Waals surface area contributed by atoms with Crippen molar-refractivity contribution in [2.75, 3.05) is 6.61 Å². The van der Waals surface area contributed by atoms with Crippen molar-refractivity contribution in [1.82, 2.24) is 9.78 Å². The average molecular weight is 264 g/mol. The summed E-state index contributed by atoms with van der Waals surface area (Å²) in [5, 5.41) is 13.0. The Morgan fingerprint density at radius 3 is 2.95 bits per heavy atom. The summed E-state index contributed by atoms with van der Waals surface area (Å²) in [4.78, 5) is 11.0. The SMILES string of the molecule is CC1CC=CCC1COCc1c(C(=O)O)cnn1C. The number of carbonyl (C=O) groups is 1. The fourth-order valence-corrected chi connectivity index (χ4v) is 2.36. The van der Waals surface area contributed by atoms with E-state index in [4.69, 9.17) is 9.84 Å². The van der Waals surface area contributed by atoms with Gasteiger partial charge in [-0.1, -0.05) is 19.1 Å². The van der Waals surface area contributed by atoms with Crippen LogP contribution in [0.2, 0.25) is 0 Å². The first-order valence-corrected chi connectivity index (χ1v) is 6.56. The molecule has 19 heavy (non-hydrogen) atoms. The Balaban J connectivity index is 1.90. The molecule has 0 amide bonds. The van der Waals surface area contributed by atoms with Gasteiger partial charge in [0.05, 0.1) is 25.1 Å². The van der Waals surface area contributed by atoms with E-state index in [1.165, 1.54) is 6.20 Å². The topological polar surface area (TPSA) is 64.3 Å². The van der Waals surface area contributed by atoms with Gasteiger partial charge in [0.25, 0.3) is 0 Å². The Kier molecular flexibility index (Phi) is 4.37. The van der Waals surface area contributed by atoms with Crippen molar-refractivity contribution < 1.29 is 14.6 Å². The molecule has 0 spiro atoms. The molecule has 1 aromatic rings. The van der Waals surface area contributed by atoms with E-state index in [-0.39, 0.29) is 5.56 Å². The summed E-state index contributed by atoms with van der Waals surface area (Å²) in [6.45, 7) is 3.19. The quantitative estimate of drug-likeness (QED) is 0.828. The largest absolute Gasteiger partial charge is 0.478 e. The fraction of sp³-hybridized carbons (Fsp3) is 0.571. The highest BCUT2D eigenvalue weighted by Crippen LogP contribution is 2.25. The molecule has 0 bridgehead atoms. The summed E-state index contributed by atoms with van der Waals surface area (Å²) in [5.74, 6) is 0.183. The lowest BCUT2D eigenvalue weighted by molar-refractivity contribution is 0.0603. The smallest absolute Gasteiger partial charge is 0.339 e. The lowest BCUT2D eigenvalue weighted by Crippen LogP contribution is -2.20. The van der Waals surface area contributed by atoms with Crippen molar-refractivity contribution in [2.45, 2.75) is 26.4 Å². The van der Waals surface area contributed by atoms with Crippen LogP contribution in [-0.4, -0.2) is 27.5 Å². The first kappa shape index (κ1) is 13.8. The van der Waals surface area contributed by atoms with Gasteiger partial charge >= 0.3 is 5.97 Å². The standard InChI is InChI=1S/C14H20N2O3/c1-10-5-3-4-6-11(10)8-19-9-13-12(14(17)18)7-15-16(13)2/h3-4,7,10-11H,5-6,8-9H2,1-2H3,(H,17,18). The maximum Gasteiger partial charge on any atom is 0.339 e. The zero-order chi connectivity index (χ0) is 13.8. The highest BCUT2D eigenvalue weighted by molar-refractivity contribution is 5.88. The van der Waals surface area contributed by atoms with Crippen molar-refractivity contribution in [1.29, 1.82) is 0 Å². The highest BCUT2D eigenvalue weighted by Gasteiger charge is 2.20. The van der Waals surface area contributed by atoms with Gasteiger partial charge in [-0.05, 0) is 24.7 Å². The number of ether oxygens (including phenoxy) is 1. The fourth-order valence-electron chi connectivity index (χ4n) is 2.36. The van der Waals surface area contributed by atoms with E-state index in [0.717, 1.165) is 12.8 Å². The Morgan fingerprint density at radius 2 is 2.26 bits per heavy atom. The Hall–Kier alpha value is -1.62. The van der Waals surface area contributed by atoms with E-state index in [9.17, 15) is 4.79 Å². The number of carboxylic acids is 1. The molecular weight excluding hydrogens is 244 g/mol. The number of aromatic nitrogens is 2. The third-order valence-corrected chi connectivity index (χ3v) is 3.78. The van der Waals surface area contributed by atoms with Gasteiger partial charge in [-0.3, -0.25) is 4.68 Å². The zero-order valence-electron chi connectivity index (χ0n) is 11.4. The van der Waals surface area contributed by atoms with Gasteiger partial charge in [-0.15, -0.1) is 0 Å². The van der Waals surface area contributed by atoms with Gasteiger partial charge in [0, 0.05) is 7.05 Å². The molecule has 1 aliphatic rings. The van der Waals surface area contributed by atoms with E-state index in [1.807, 2.05) is 0 Å². The van der Waals surface area contributed by atoms with Crippen molar-refractivity contribution in [3.63, 3.8) is 0 Å². The molecule has 2 atom stereocenters. The van der Waals surface area contributed by atoms with Crippen LogP contribution in [0, 0.1) is 11.8 Å². The van der Waals surface area contributed by atoms with Crippen LogP contribution in [0.25, 0.3) is 0 Å². The number of aromatic carboxylic acids is 1. The molecule has 1 N–H and O–H groups in total. The monoisotopic (exact) mass is 264 g/mol. The van der Waals surface area contributed by atoms with Gasteiger partial charge in [0.2, 0.25) is 0 Å². The molecule has 0 fully saturated rings. The lowest BCUT2D eigenvalue weighted by Gasteiger charge is -2.24. The number of aryl methyl sites for hydroxylation is 1. The Labute approximate surface area is 112 Å². The summed E-state index contributed by atoms with van der Waals surface area (Å²) < 4.78 is 7.26. The van der Waals surface area contributed by atoms with E-state index in [1.54, 1.807) is 11.7 Å². The number of hydrogen-bond acceptors (Lipinski definition) is 3. The molecule has 0 aromatic carbocycles. The molecule has 5 nitrogen and oxygen atoms in total. The number of allylic oxidation sites excluding steroid dienone is 2. The van der Waals surface area contributed by atoms with Crippen LogP contribution in [0.3, 0.4) is 0 Å². The number of nitrogens with zero attached hydrogens (tertiary/aromatic N) is 2. The zero-order valence-corrected chi connectivity index (χ0v) is 11.4. The van der Waals surface area contributed by atoms with Crippen LogP contribution in [0.4, 0.5) is 0 Å². The molecule has 5 heteroatoms. The lowest BCUT2D eigenvalue weighted by atomic mass is 9.85. The predicted molar refractivity (Wildman–Crippen MR) is 70.9 cm³/mol. The molecule has 0 saturated heterocycles. The minimum atomic E-state index is -0.958. The first-order valence-electron chi connectivity index (χ1n) is 6.56. The minimum Gasteiger partial charge on any atom is -0.478 e. The molecule has 0 saturated carbocycles. The van der Waals surface area contributed by atoms with Gasteiger partial charge in [-0.25, -0.2) is 4.79 Å². The van der Waals surface area contributed by atoms with Crippen LogP contribution < -0.4 is 0 Å². The average Bonchev–Trinajstić information content (AvgIpc) is 2.74. The van der Waals surface area contributed by atoms with E-state index in [0.29, 0.717) is 30.7 Å². The first-order chi connectivity index (χ1) is 9.09. The van der Waals surface area contributed by atoms with Crippen molar-refractivity contribution in [2.24, 2.45) is 18.9 Å². The third kappa shape index (κ3) is 3.23. The number of hydrogen-bond donors (Lipinski definition) is 1. The molecule has 0 aliphatic heterocycles. The maximum absolute atomic E-state index is 11.0. The highest BCUT2D eigenvalue weighted by atomic mass is 16.5. The molecule has 2 unspecified atom stereocenters. The summed E-state index contributed by atoms with van der Waals surface area (Å²) in [5.41, 5.74) is 0.839. The Morgan fingerprint density at radius 1 is 1.53 bits per heavy atom. The van der Waals surface area contributed by atoms with Crippen LogP contribution in [-0.2, 0) is 18.4 Å². The summed E-state index contributed by atoms with van der Waals surface area (Å²) in [7, 11) is 1.73. The third-order valence-electron chi connectivity index (χ3n) is 3.78. The molecule has 104 valence electrons. The van der Waals surface area contributed by atoms with Gasteiger partial charge in [0.1, 0.15) is 5.56 Å². The second kappa shape index (κ2) is 6.02. The summed E-state index contributed by atoms with van der Waals surface area (Å²) >= 11 is 0. The van der Waals surface area contributed by atoms with Gasteiger partial charge in [-0.2, -0.15) is 5.10 Å². The summed E-state index contributed by atoms with van der Waals surface area (Å²) in [6.07, 6.45) is 7.91. The van der Waals surface area contributed by atoms with E-state index in [2.05, 4.69) is 24.2 Å². The summed E-state index contributed by atoms with van der Waals surface area (Å²) in [6, 6.07) is 0. The van der Waals surface area contributed by atoms with Gasteiger partial charge < -0.3 is 9.84 Å². The molecule has 1 heterocycles. The predicted octanol–water partition coefficient (Wildman–Crippen LogP) is 2.24. The van der Waals surface area contributed by atoms with Crippen LogP contribution >= 0.6 is 0 Å².